The van der Waals surface area contributed by atoms with Crippen LogP contribution in [-0.4, -0.2) is 46.9 Å². The number of benzene rings is 1. The molecule has 8 heteroatoms. The molecule has 0 amide bonds. The van der Waals surface area contributed by atoms with Crippen molar-refractivity contribution in [2.75, 3.05) is 25.0 Å². The van der Waals surface area contributed by atoms with Gasteiger partial charge in [0.15, 0.2) is 5.96 Å². The van der Waals surface area contributed by atoms with E-state index in [0.29, 0.717) is 12.6 Å². The molecule has 0 bridgehead atoms. The second-order valence-electron chi connectivity index (χ2n) is 7.65. The van der Waals surface area contributed by atoms with Crippen LogP contribution in [0, 0.1) is 6.92 Å². The highest BCUT2D eigenvalue weighted by Crippen LogP contribution is 2.18. The molecule has 0 saturated carbocycles. The number of aliphatic imine (C=N–C) groups is 1. The van der Waals surface area contributed by atoms with Crippen molar-refractivity contribution >= 4 is 35.8 Å². The summed E-state index contributed by atoms with van der Waals surface area (Å²) in [5.41, 5.74) is 3.44. The van der Waals surface area contributed by atoms with E-state index in [0.717, 1.165) is 43.4 Å². The molecule has 4 rings (SSSR count). The molecule has 3 heterocycles. The van der Waals surface area contributed by atoms with Crippen LogP contribution in [0.15, 0.2) is 66.0 Å². The maximum absolute atomic E-state index is 4.56. The largest absolute Gasteiger partial charge is 0.356 e. The first-order valence-electron chi connectivity index (χ1n) is 10.4. The smallest absolute Gasteiger partial charge is 0.191 e. The van der Waals surface area contributed by atoms with Gasteiger partial charge < -0.3 is 15.5 Å². The Morgan fingerprint density at radius 1 is 1.16 bits per heavy atom. The Hall–Kier alpha value is -2.62. The van der Waals surface area contributed by atoms with Gasteiger partial charge in [0.1, 0.15) is 5.82 Å². The SMILES string of the molecule is CN=C(NCc1cccc(-n2cccn2)c1)NC1CCN(c2ccc(C)cn2)CC1.I. The third-order valence-corrected chi connectivity index (χ3v) is 5.42. The van der Waals surface area contributed by atoms with Crippen molar-refractivity contribution in [2.24, 2.45) is 4.99 Å². The zero-order valence-corrected chi connectivity index (χ0v) is 20.4. The molecule has 7 nitrogen and oxygen atoms in total. The lowest BCUT2D eigenvalue weighted by Crippen LogP contribution is -2.48. The molecule has 2 aromatic heterocycles. The first kappa shape index (κ1) is 23.1. The second-order valence-corrected chi connectivity index (χ2v) is 7.65. The lowest BCUT2D eigenvalue weighted by Gasteiger charge is -2.33. The summed E-state index contributed by atoms with van der Waals surface area (Å²) in [4.78, 5) is 11.3. The summed E-state index contributed by atoms with van der Waals surface area (Å²) in [7, 11) is 1.82. The van der Waals surface area contributed by atoms with Gasteiger partial charge in [0.25, 0.3) is 0 Å². The average molecular weight is 531 g/mol. The Morgan fingerprint density at radius 3 is 2.68 bits per heavy atom. The molecular formula is C23H30IN7. The van der Waals surface area contributed by atoms with Gasteiger partial charge in [-0.25, -0.2) is 9.67 Å². The molecule has 0 spiro atoms. The second kappa shape index (κ2) is 11.1. The molecule has 0 radical (unpaired) electrons. The van der Waals surface area contributed by atoms with Crippen LogP contribution in [0.25, 0.3) is 5.69 Å². The standard InChI is InChI=1S/C23H29N7.HI/c1-18-7-8-22(25-16-18)29-13-9-20(10-14-29)28-23(24-2)26-17-19-5-3-6-21(15-19)30-12-4-11-27-30;/h3-8,11-12,15-16,20H,9-10,13-14,17H2,1-2H3,(H2,24,26,28);1H. The zero-order valence-electron chi connectivity index (χ0n) is 18.0. The predicted molar refractivity (Wildman–Crippen MR) is 137 cm³/mol. The molecule has 1 aliphatic heterocycles. The number of pyridine rings is 1. The fourth-order valence-electron chi connectivity index (χ4n) is 3.70. The fraction of sp³-hybridized carbons (Fsp3) is 0.348. The van der Waals surface area contributed by atoms with Crippen LogP contribution in [0.4, 0.5) is 5.82 Å². The number of nitrogens with zero attached hydrogens (tertiary/aromatic N) is 5. The summed E-state index contributed by atoms with van der Waals surface area (Å²) in [6.07, 6.45) is 7.80. The molecule has 2 N–H and O–H groups in total. The minimum atomic E-state index is 0. The minimum absolute atomic E-state index is 0. The summed E-state index contributed by atoms with van der Waals surface area (Å²) in [5.74, 6) is 1.91. The number of halogens is 1. The number of anilines is 1. The van der Waals surface area contributed by atoms with Gasteiger partial charge in [0.2, 0.25) is 0 Å². The van der Waals surface area contributed by atoms with E-state index in [4.69, 9.17) is 0 Å². The van der Waals surface area contributed by atoms with E-state index in [2.05, 4.69) is 73.9 Å². The maximum Gasteiger partial charge on any atom is 0.191 e. The van der Waals surface area contributed by atoms with Crippen molar-refractivity contribution < 1.29 is 0 Å². The Labute approximate surface area is 201 Å². The van der Waals surface area contributed by atoms with Crippen LogP contribution in [0.3, 0.4) is 0 Å². The third kappa shape index (κ3) is 6.19. The topological polar surface area (TPSA) is 70.4 Å². The average Bonchev–Trinajstić information content (AvgIpc) is 3.33. The molecule has 3 aromatic rings. The van der Waals surface area contributed by atoms with E-state index < -0.39 is 0 Å². The number of aryl methyl sites for hydroxylation is 1. The first-order valence-corrected chi connectivity index (χ1v) is 10.4. The maximum atomic E-state index is 4.56. The predicted octanol–water partition coefficient (Wildman–Crippen LogP) is 3.53. The van der Waals surface area contributed by atoms with Gasteiger partial charge in [0.05, 0.1) is 5.69 Å². The Kier molecular flexibility index (Phi) is 8.27. The van der Waals surface area contributed by atoms with Crippen molar-refractivity contribution in [3.63, 3.8) is 0 Å². The molecule has 164 valence electrons. The van der Waals surface area contributed by atoms with E-state index >= 15 is 0 Å². The molecule has 1 saturated heterocycles. The van der Waals surface area contributed by atoms with E-state index in [1.807, 2.05) is 30.2 Å². The molecular weight excluding hydrogens is 501 g/mol. The van der Waals surface area contributed by atoms with Crippen LogP contribution in [0.1, 0.15) is 24.0 Å². The third-order valence-electron chi connectivity index (χ3n) is 5.42. The molecule has 1 fully saturated rings. The number of hydrogen-bond acceptors (Lipinski definition) is 4. The van der Waals surface area contributed by atoms with Crippen molar-refractivity contribution in [1.29, 1.82) is 0 Å². The van der Waals surface area contributed by atoms with Crippen LogP contribution < -0.4 is 15.5 Å². The molecule has 0 unspecified atom stereocenters. The summed E-state index contributed by atoms with van der Waals surface area (Å²) >= 11 is 0. The molecule has 31 heavy (non-hydrogen) atoms. The lowest BCUT2D eigenvalue weighted by atomic mass is 10.1. The first-order chi connectivity index (χ1) is 14.7. The lowest BCUT2D eigenvalue weighted by molar-refractivity contribution is 0.459. The van der Waals surface area contributed by atoms with Gasteiger partial charge in [-0.1, -0.05) is 18.2 Å². The normalized spacial score (nSPS) is 14.8. The summed E-state index contributed by atoms with van der Waals surface area (Å²) in [6, 6.07) is 14.9. The van der Waals surface area contributed by atoms with Gasteiger partial charge >= 0.3 is 0 Å². The number of rotatable bonds is 5. The van der Waals surface area contributed by atoms with Crippen molar-refractivity contribution in [2.45, 2.75) is 32.4 Å². The van der Waals surface area contributed by atoms with Gasteiger partial charge in [-0.05, 0) is 55.2 Å². The Balaban J connectivity index is 0.00000272. The molecule has 1 aliphatic rings. The van der Waals surface area contributed by atoms with Gasteiger partial charge in [-0.3, -0.25) is 4.99 Å². The molecule has 1 aromatic carbocycles. The fourth-order valence-corrected chi connectivity index (χ4v) is 3.70. The van der Waals surface area contributed by atoms with Gasteiger partial charge in [0, 0.05) is 51.3 Å². The quantitative estimate of drug-likeness (QED) is 0.300. The van der Waals surface area contributed by atoms with Crippen LogP contribution in [-0.2, 0) is 6.54 Å². The van der Waals surface area contributed by atoms with Crippen molar-refractivity contribution in [3.05, 3.63) is 72.2 Å². The number of piperidine rings is 1. The van der Waals surface area contributed by atoms with E-state index in [-0.39, 0.29) is 24.0 Å². The van der Waals surface area contributed by atoms with Crippen LogP contribution >= 0.6 is 24.0 Å². The Morgan fingerprint density at radius 2 is 2.00 bits per heavy atom. The monoisotopic (exact) mass is 531 g/mol. The van der Waals surface area contributed by atoms with Crippen molar-refractivity contribution in [3.8, 4) is 5.69 Å². The summed E-state index contributed by atoms with van der Waals surface area (Å²) in [6.45, 7) is 4.77. The molecule has 0 atom stereocenters. The van der Waals surface area contributed by atoms with E-state index in [1.165, 1.54) is 11.1 Å². The summed E-state index contributed by atoms with van der Waals surface area (Å²) in [5, 5.41) is 11.3. The number of hydrogen-bond donors (Lipinski definition) is 2. The highest BCUT2D eigenvalue weighted by atomic mass is 127. The number of nitrogens with one attached hydrogen (secondary N) is 2. The van der Waals surface area contributed by atoms with E-state index in [1.54, 1.807) is 6.20 Å². The number of guanidine groups is 1. The number of aromatic nitrogens is 3. The minimum Gasteiger partial charge on any atom is -0.356 e. The highest BCUT2D eigenvalue weighted by Gasteiger charge is 2.20. The summed E-state index contributed by atoms with van der Waals surface area (Å²) < 4.78 is 1.87. The Bertz CT molecular complexity index is 962. The van der Waals surface area contributed by atoms with Gasteiger partial charge in [-0.15, -0.1) is 24.0 Å². The van der Waals surface area contributed by atoms with Crippen molar-refractivity contribution in [1.82, 2.24) is 25.4 Å². The molecule has 0 aliphatic carbocycles. The van der Waals surface area contributed by atoms with Crippen LogP contribution in [0.5, 0.6) is 0 Å². The highest BCUT2D eigenvalue weighted by molar-refractivity contribution is 14.0. The van der Waals surface area contributed by atoms with E-state index in [9.17, 15) is 0 Å². The van der Waals surface area contributed by atoms with Crippen LogP contribution in [0.2, 0.25) is 0 Å². The van der Waals surface area contributed by atoms with Gasteiger partial charge in [-0.2, -0.15) is 5.10 Å². The zero-order chi connectivity index (χ0) is 20.8.